The van der Waals surface area contributed by atoms with E-state index in [2.05, 4.69) is 15.6 Å². The fraction of sp³-hybridized carbons (Fsp3) is 0.350. The van der Waals surface area contributed by atoms with Crippen molar-refractivity contribution in [2.24, 2.45) is 13.0 Å². The molecule has 7 nitrogen and oxygen atoms in total. The van der Waals surface area contributed by atoms with Gasteiger partial charge in [0.1, 0.15) is 17.0 Å². The van der Waals surface area contributed by atoms with E-state index < -0.39 is 0 Å². The summed E-state index contributed by atoms with van der Waals surface area (Å²) in [5, 5.41) is 21.1. The molecule has 3 aromatic rings. The van der Waals surface area contributed by atoms with E-state index in [1.807, 2.05) is 43.6 Å². The Kier molecular flexibility index (Phi) is 4.53. The molecule has 0 radical (unpaired) electrons. The van der Waals surface area contributed by atoms with E-state index in [0.29, 0.717) is 29.9 Å². The highest BCUT2D eigenvalue weighted by atomic mass is 16.5. The summed E-state index contributed by atoms with van der Waals surface area (Å²) in [5.41, 5.74) is 2.73. The van der Waals surface area contributed by atoms with E-state index in [1.54, 1.807) is 17.8 Å². The Labute approximate surface area is 157 Å². The van der Waals surface area contributed by atoms with Gasteiger partial charge >= 0.3 is 0 Å². The summed E-state index contributed by atoms with van der Waals surface area (Å²) in [6, 6.07) is 9.29. The Morgan fingerprint density at radius 3 is 2.70 bits per heavy atom. The van der Waals surface area contributed by atoms with E-state index in [9.17, 15) is 9.90 Å². The molecule has 1 fully saturated rings. The molecule has 4 rings (SSSR count). The highest BCUT2D eigenvalue weighted by molar-refractivity contribution is 6.01. The molecule has 1 aliphatic rings. The van der Waals surface area contributed by atoms with E-state index in [4.69, 9.17) is 4.52 Å². The molecule has 0 saturated heterocycles. The lowest BCUT2D eigenvalue weighted by Crippen LogP contribution is -2.41. The summed E-state index contributed by atoms with van der Waals surface area (Å²) in [6.45, 7) is 1.74. The molecule has 1 amide bonds. The largest absolute Gasteiger partial charge is 0.393 e. The van der Waals surface area contributed by atoms with Crippen molar-refractivity contribution in [3.05, 3.63) is 59.6 Å². The normalized spacial score (nSPS) is 20.1. The Hall–Kier alpha value is -2.93. The average molecular weight is 366 g/mol. The molecule has 2 heterocycles. The zero-order valence-corrected chi connectivity index (χ0v) is 15.3. The molecule has 0 bridgehead atoms. The van der Waals surface area contributed by atoms with Crippen LogP contribution in [0.15, 0.2) is 47.2 Å². The number of nitrogens with zero attached hydrogens (tertiary/aromatic N) is 3. The topological polar surface area (TPSA) is 93.2 Å². The molecular formula is C20H22N4O3. The van der Waals surface area contributed by atoms with Gasteiger partial charge in [-0.1, -0.05) is 35.5 Å². The lowest BCUT2D eigenvalue weighted by Gasteiger charge is -2.37. The number of aromatic nitrogens is 3. The van der Waals surface area contributed by atoms with Crippen molar-refractivity contribution < 1.29 is 14.4 Å². The molecule has 0 aliphatic heterocycles. The van der Waals surface area contributed by atoms with Crippen molar-refractivity contribution in [1.29, 1.82) is 0 Å². The van der Waals surface area contributed by atoms with Gasteiger partial charge in [-0.2, -0.15) is 5.10 Å². The first-order valence-electron chi connectivity index (χ1n) is 9.02. The highest BCUT2D eigenvalue weighted by Crippen LogP contribution is 2.38. The van der Waals surface area contributed by atoms with Crippen LogP contribution in [0.25, 0.3) is 11.3 Å². The van der Waals surface area contributed by atoms with Crippen LogP contribution in [0.2, 0.25) is 0 Å². The van der Waals surface area contributed by atoms with Crippen LogP contribution in [0.3, 0.4) is 0 Å². The van der Waals surface area contributed by atoms with Gasteiger partial charge in [-0.05, 0) is 25.7 Å². The lowest BCUT2D eigenvalue weighted by atomic mass is 9.75. The molecule has 0 spiro atoms. The van der Waals surface area contributed by atoms with E-state index in [0.717, 1.165) is 11.1 Å². The highest BCUT2D eigenvalue weighted by Gasteiger charge is 2.37. The van der Waals surface area contributed by atoms with Crippen molar-refractivity contribution >= 4 is 5.91 Å². The monoisotopic (exact) mass is 366 g/mol. The molecular weight excluding hydrogens is 344 g/mol. The van der Waals surface area contributed by atoms with Crippen LogP contribution in [0.5, 0.6) is 0 Å². The molecule has 2 N–H and O–H groups in total. The van der Waals surface area contributed by atoms with Gasteiger partial charge < -0.3 is 14.9 Å². The van der Waals surface area contributed by atoms with E-state index in [1.165, 1.54) is 0 Å². The van der Waals surface area contributed by atoms with Gasteiger partial charge in [-0.3, -0.25) is 9.48 Å². The third-order valence-corrected chi connectivity index (χ3v) is 5.13. The molecule has 1 aromatic carbocycles. The maximum absolute atomic E-state index is 13.1. The smallest absolute Gasteiger partial charge is 0.257 e. The summed E-state index contributed by atoms with van der Waals surface area (Å²) in [4.78, 5) is 13.1. The number of rotatable bonds is 5. The second kappa shape index (κ2) is 7.00. The van der Waals surface area contributed by atoms with Crippen molar-refractivity contribution in [1.82, 2.24) is 20.3 Å². The Morgan fingerprint density at radius 1 is 1.33 bits per heavy atom. The second-order valence-corrected chi connectivity index (χ2v) is 7.11. The fourth-order valence-corrected chi connectivity index (χ4v) is 3.62. The fourth-order valence-electron chi connectivity index (χ4n) is 3.62. The average Bonchev–Trinajstić information content (AvgIpc) is 3.23. The van der Waals surface area contributed by atoms with Crippen molar-refractivity contribution in [3.8, 4) is 11.3 Å². The third-order valence-electron chi connectivity index (χ3n) is 5.13. The van der Waals surface area contributed by atoms with Crippen LogP contribution >= 0.6 is 0 Å². The number of amides is 1. The molecule has 1 aliphatic carbocycles. The number of aliphatic hydroxyl groups is 1. The van der Waals surface area contributed by atoms with Crippen LogP contribution in [0.1, 0.15) is 40.6 Å². The lowest BCUT2D eigenvalue weighted by molar-refractivity contribution is 0.0235. The van der Waals surface area contributed by atoms with Gasteiger partial charge in [0.15, 0.2) is 0 Å². The van der Waals surface area contributed by atoms with Crippen molar-refractivity contribution in [2.75, 3.05) is 0 Å². The van der Waals surface area contributed by atoms with Gasteiger partial charge in [0.05, 0.1) is 18.3 Å². The summed E-state index contributed by atoms with van der Waals surface area (Å²) in [6.07, 6.45) is 4.67. The predicted molar refractivity (Wildman–Crippen MR) is 98.8 cm³/mol. The summed E-state index contributed by atoms with van der Waals surface area (Å²) in [5.74, 6) is 0.418. The predicted octanol–water partition coefficient (Wildman–Crippen LogP) is 2.63. The van der Waals surface area contributed by atoms with Crippen molar-refractivity contribution in [2.45, 2.75) is 31.9 Å². The number of hydrogen-bond acceptors (Lipinski definition) is 5. The number of carbonyl (C=O) groups excluding carboxylic acids is 1. The SMILES string of the molecule is Cc1onc(-c2ccccc2)c1C(=O)N[C@H](c1cnn(C)c1)C1CC(O)C1. The molecule has 7 heteroatoms. The number of aliphatic hydroxyl groups excluding tert-OH is 1. The van der Waals surface area contributed by atoms with E-state index >= 15 is 0 Å². The number of hydrogen-bond donors (Lipinski definition) is 2. The summed E-state index contributed by atoms with van der Waals surface area (Å²) >= 11 is 0. The minimum absolute atomic E-state index is 0.175. The Morgan fingerprint density at radius 2 is 2.07 bits per heavy atom. The number of nitrogens with one attached hydrogen (secondary N) is 1. The van der Waals surface area contributed by atoms with Crippen LogP contribution in [0.4, 0.5) is 0 Å². The number of benzene rings is 1. The first-order valence-corrected chi connectivity index (χ1v) is 9.02. The number of carbonyl (C=O) groups is 1. The summed E-state index contributed by atoms with van der Waals surface area (Å²) in [7, 11) is 1.84. The van der Waals surface area contributed by atoms with Crippen LogP contribution in [-0.2, 0) is 7.05 Å². The molecule has 1 saturated carbocycles. The molecule has 140 valence electrons. The zero-order chi connectivity index (χ0) is 19.0. The first kappa shape index (κ1) is 17.5. The molecule has 0 unspecified atom stereocenters. The number of aryl methyl sites for hydroxylation is 2. The standard InChI is InChI=1S/C20H22N4O3/c1-12-17(19(23-27-12)13-6-4-3-5-7-13)20(26)22-18(14-8-16(25)9-14)15-10-21-24(2)11-15/h3-7,10-11,14,16,18,25H,8-9H2,1-2H3,(H,22,26)/t14?,16?,18-/m0/s1. The van der Waals surface area contributed by atoms with Gasteiger partial charge in [-0.15, -0.1) is 0 Å². The van der Waals surface area contributed by atoms with Crippen LogP contribution in [-0.4, -0.2) is 32.1 Å². The van der Waals surface area contributed by atoms with Crippen LogP contribution in [0, 0.1) is 12.8 Å². The molecule has 2 aromatic heterocycles. The van der Waals surface area contributed by atoms with Crippen LogP contribution < -0.4 is 5.32 Å². The molecule has 1 atom stereocenters. The van der Waals surface area contributed by atoms with Gasteiger partial charge in [0, 0.05) is 24.4 Å². The third kappa shape index (κ3) is 3.38. The quantitative estimate of drug-likeness (QED) is 0.724. The minimum Gasteiger partial charge on any atom is -0.393 e. The Bertz CT molecular complexity index is 941. The summed E-state index contributed by atoms with van der Waals surface area (Å²) < 4.78 is 7.03. The van der Waals surface area contributed by atoms with Gasteiger partial charge in [0.2, 0.25) is 0 Å². The second-order valence-electron chi connectivity index (χ2n) is 7.11. The van der Waals surface area contributed by atoms with Gasteiger partial charge in [0.25, 0.3) is 5.91 Å². The molecule has 27 heavy (non-hydrogen) atoms. The van der Waals surface area contributed by atoms with Crippen molar-refractivity contribution in [3.63, 3.8) is 0 Å². The maximum Gasteiger partial charge on any atom is 0.257 e. The minimum atomic E-state index is -0.303. The first-order chi connectivity index (χ1) is 13.0. The van der Waals surface area contributed by atoms with E-state index in [-0.39, 0.29) is 24.0 Å². The zero-order valence-electron chi connectivity index (χ0n) is 15.3. The Balaban J connectivity index is 1.63. The maximum atomic E-state index is 13.1. The van der Waals surface area contributed by atoms with Gasteiger partial charge in [-0.25, -0.2) is 0 Å².